The zero-order valence-corrected chi connectivity index (χ0v) is 15.4. The molecule has 0 aliphatic rings. The number of nitrogens with one attached hydrogen (secondary N) is 1. The number of halogens is 1. The summed E-state index contributed by atoms with van der Waals surface area (Å²) in [6, 6.07) is 17.7. The minimum absolute atomic E-state index is 0.0646. The van der Waals surface area contributed by atoms with E-state index in [1.807, 2.05) is 54.7 Å². The van der Waals surface area contributed by atoms with Gasteiger partial charge in [-0.2, -0.15) is 0 Å². The highest BCUT2D eigenvalue weighted by atomic mass is 35.5. The van der Waals surface area contributed by atoms with Crippen LogP contribution in [0.5, 0.6) is 0 Å². The van der Waals surface area contributed by atoms with Gasteiger partial charge in [0.2, 0.25) is 5.88 Å². The number of nitrogens with two attached hydrogens (primary N) is 1. The average Bonchev–Trinajstić information content (AvgIpc) is 3.15. The van der Waals surface area contributed by atoms with Crippen molar-refractivity contribution in [1.29, 1.82) is 0 Å². The molecule has 0 bridgehead atoms. The van der Waals surface area contributed by atoms with Crippen LogP contribution in [0.25, 0.3) is 22.0 Å². The summed E-state index contributed by atoms with van der Waals surface area (Å²) in [7, 11) is 0. The van der Waals surface area contributed by atoms with Crippen LogP contribution in [-0.2, 0) is 6.42 Å². The highest BCUT2D eigenvalue weighted by molar-refractivity contribution is 6.30. The predicted octanol–water partition coefficient (Wildman–Crippen LogP) is 4.53. The Morgan fingerprint density at radius 1 is 1.07 bits per heavy atom. The van der Waals surface area contributed by atoms with E-state index in [4.69, 9.17) is 21.9 Å². The average molecular weight is 379 g/mol. The number of aromatic nitrogens is 2. The molecule has 136 valence electrons. The van der Waals surface area contributed by atoms with Gasteiger partial charge in [0.15, 0.2) is 0 Å². The van der Waals surface area contributed by atoms with Crippen LogP contribution in [0.15, 0.2) is 71.5 Å². The number of rotatable bonds is 6. The van der Waals surface area contributed by atoms with E-state index in [0.717, 1.165) is 39.0 Å². The zero-order valence-electron chi connectivity index (χ0n) is 14.6. The van der Waals surface area contributed by atoms with Crippen LogP contribution in [0, 0.1) is 0 Å². The molecule has 0 amide bonds. The number of fused-ring (bicyclic) bond motifs is 1. The summed E-state index contributed by atoms with van der Waals surface area (Å²) in [5.74, 6) is 0.598. The van der Waals surface area contributed by atoms with Crippen molar-refractivity contribution >= 4 is 28.3 Å². The Bertz CT molecular complexity index is 1060. The van der Waals surface area contributed by atoms with Gasteiger partial charge < -0.3 is 15.6 Å². The van der Waals surface area contributed by atoms with Gasteiger partial charge in [0.05, 0.1) is 0 Å². The monoisotopic (exact) mass is 378 g/mol. The maximum Gasteiger partial charge on any atom is 0.225 e. The van der Waals surface area contributed by atoms with Crippen molar-refractivity contribution in [2.45, 2.75) is 12.5 Å². The van der Waals surface area contributed by atoms with E-state index < -0.39 is 0 Å². The lowest BCUT2D eigenvalue weighted by atomic mass is 10.1. The second-order valence-electron chi connectivity index (χ2n) is 6.49. The summed E-state index contributed by atoms with van der Waals surface area (Å²) in [6.45, 7) is 0.574. The van der Waals surface area contributed by atoms with E-state index in [0.29, 0.717) is 12.4 Å². The number of hydrogen-bond acceptors (Lipinski definition) is 5. The Kier molecular flexibility index (Phi) is 5.05. The van der Waals surface area contributed by atoms with Crippen LogP contribution < -0.4 is 11.1 Å². The van der Waals surface area contributed by atoms with Gasteiger partial charge >= 0.3 is 0 Å². The summed E-state index contributed by atoms with van der Waals surface area (Å²) < 4.78 is 5.40. The van der Waals surface area contributed by atoms with Crippen molar-refractivity contribution in [2.75, 3.05) is 11.9 Å². The SMILES string of the molecule is NC(CNc1cc(-c2ccc3cnccc3c2)no1)Cc1cccc(Cl)c1. The van der Waals surface area contributed by atoms with Gasteiger partial charge in [-0.1, -0.05) is 41.0 Å². The molecular weight excluding hydrogens is 360 g/mol. The fourth-order valence-corrected chi connectivity index (χ4v) is 3.22. The molecule has 3 N–H and O–H groups in total. The normalized spacial score (nSPS) is 12.2. The first-order chi connectivity index (χ1) is 13.2. The van der Waals surface area contributed by atoms with E-state index in [9.17, 15) is 0 Å². The molecule has 5 nitrogen and oxygen atoms in total. The summed E-state index contributed by atoms with van der Waals surface area (Å²) in [6.07, 6.45) is 4.35. The van der Waals surface area contributed by atoms with Gasteiger partial charge in [0.1, 0.15) is 5.69 Å². The summed E-state index contributed by atoms with van der Waals surface area (Å²) in [5, 5.41) is 10.3. The first-order valence-corrected chi connectivity index (χ1v) is 9.10. The predicted molar refractivity (Wildman–Crippen MR) is 109 cm³/mol. The van der Waals surface area contributed by atoms with Crippen molar-refractivity contribution in [3.05, 3.63) is 77.6 Å². The maximum absolute atomic E-state index is 6.21. The second kappa shape index (κ2) is 7.78. The van der Waals surface area contributed by atoms with E-state index >= 15 is 0 Å². The molecule has 2 aromatic carbocycles. The Hall–Kier alpha value is -2.89. The quantitative estimate of drug-likeness (QED) is 0.515. The zero-order chi connectivity index (χ0) is 18.6. The lowest BCUT2D eigenvalue weighted by Crippen LogP contribution is -2.31. The number of benzene rings is 2. The number of nitrogens with zero attached hydrogens (tertiary/aromatic N) is 2. The maximum atomic E-state index is 6.21. The number of anilines is 1. The largest absolute Gasteiger partial charge is 0.352 e. The lowest BCUT2D eigenvalue weighted by molar-refractivity contribution is 0.433. The highest BCUT2D eigenvalue weighted by Crippen LogP contribution is 2.25. The van der Waals surface area contributed by atoms with Crippen LogP contribution in [0.2, 0.25) is 5.02 Å². The van der Waals surface area contributed by atoms with Crippen LogP contribution in [0.4, 0.5) is 5.88 Å². The molecule has 1 atom stereocenters. The molecule has 0 saturated carbocycles. The van der Waals surface area contributed by atoms with Crippen LogP contribution >= 0.6 is 11.6 Å². The topological polar surface area (TPSA) is 77.0 Å². The van der Waals surface area contributed by atoms with Crippen molar-refractivity contribution < 1.29 is 4.52 Å². The fourth-order valence-electron chi connectivity index (χ4n) is 3.01. The molecule has 4 aromatic rings. The Morgan fingerprint density at radius 3 is 2.89 bits per heavy atom. The molecule has 2 heterocycles. The van der Waals surface area contributed by atoms with Gasteiger partial charge in [-0.25, -0.2) is 0 Å². The molecule has 0 saturated heterocycles. The Morgan fingerprint density at radius 2 is 2.00 bits per heavy atom. The van der Waals surface area contributed by atoms with Crippen molar-refractivity contribution in [1.82, 2.24) is 10.1 Å². The third kappa shape index (κ3) is 4.27. The lowest BCUT2D eigenvalue weighted by Gasteiger charge is -2.12. The van der Waals surface area contributed by atoms with Gasteiger partial charge in [0.25, 0.3) is 0 Å². The third-order valence-corrected chi connectivity index (χ3v) is 4.61. The van der Waals surface area contributed by atoms with Crippen LogP contribution in [0.3, 0.4) is 0 Å². The second-order valence-corrected chi connectivity index (χ2v) is 6.93. The molecule has 0 fully saturated rings. The first-order valence-electron chi connectivity index (χ1n) is 8.72. The molecule has 0 spiro atoms. The van der Waals surface area contributed by atoms with E-state index in [-0.39, 0.29) is 6.04 Å². The Balaban J connectivity index is 1.40. The highest BCUT2D eigenvalue weighted by Gasteiger charge is 2.10. The molecule has 0 aliphatic heterocycles. The molecule has 0 radical (unpaired) electrons. The number of pyridine rings is 1. The molecule has 2 aromatic heterocycles. The van der Waals surface area contributed by atoms with E-state index in [1.54, 1.807) is 6.20 Å². The van der Waals surface area contributed by atoms with Gasteiger partial charge in [0, 0.05) is 47.0 Å². The van der Waals surface area contributed by atoms with Gasteiger partial charge in [-0.05, 0) is 41.6 Å². The van der Waals surface area contributed by atoms with Gasteiger partial charge in [-0.3, -0.25) is 4.98 Å². The summed E-state index contributed by atoms with van der Waals surface area (Å²) in [5.41, 5.74) is 9.09. The van der Waals surface area contributed by atoms with Crippen LogP contribution in [-0.4, -0.2) is 22.7 Å². The van der Waals surface area contributed by atoms with Crippen molar-refractivity contribution in [3.8, 4) is 11.3 Å². The van der Waals surface area contributed by atoms with Crippen molar-refractivity contribution in [3.63, 3.8) is 0 Å². The van der Waals surface area contributed by atoms with E-state index in [1.165, 1.54) is 0 Å². The molecular formula is C21H19ClN4O. The summed E-state index contributed by atoms with van der Waals surface area (Å²) in [4.78, 5) is 4.13. The first kappa shape index (κ1) is 17.5. The molecule has 6 heteroatoms. The summed E-state index contributed by atoms with van der Waals surface area (Å²) >= 11 is 6.02. The smallest absolute Gasteiger partial charge is 0.225 e. The molecule has 1 unspecified atom stereocenters. The standard InChI is InChI=1S/C21H19ClN4O/c22-18-3-1-2-14(8-18)9-19(23)13-25-21-11-20(26-27-21)16-4-5-17-12-24-7-6-15(17)10-16/h1-8,10-12,19,25H,9,13,23H2. The third-order valence-electron chi connectivity index (χ3n) is 4.37. The van der Waals surface area contributed by atoms with Crippen LogP contribution in [0.1, 0.15) is 5.56 Å². The molecule has 27 heavy (non-hydrogen) atoms. The number of hydrogen-bond donors (Lipinski definition) is 2. The van der Waals surface area contributed by atoms with Gasteiger partial charge in [-0.15, -0.1) is 0 Å². The Labute approximate surface area is 162 Å². The van der Waals surface area contributed by atoms with E-state index in [2.05, 4.69) is 21.5 Å². The molecule has 0 aliphatic carbocycles. The molecule has 4 rings (SSSR count). The van der Waals surface area contributed by atoms with Crippen molar-refractivity contribution in [2.24, 2.45) is 5.73 Å². The minimum atomic E-state index is -0.0646. The fraction of sp³-hybridized carbons (Fsp3) is 0.143. The minimum Gasteiger partial charge on any atom is -0.352 e.